The summed E-state index contributed by atoms with van der Waals surface area (Å²) in [4.78, 5) is 2.61. The minimum atomic E-state index is 0.549. The highest BCUT2D eigenvalue weighted by Crippen LogP contribution is 2.30. The molecule has 1 aromatic carbocycles. The van der Waals surface area contributed by atoms with E-state index in [1.165, 1.54) is 51.5 Å². The molecule has 1 saturated heterocycles. The molecule has 1 saturated carbocycles. The Hall–Kier alpha value is -1.55. The van der Waals surface area contributed by atoms with Gasteiger partial charge in [0.1, 0.15) is 0 Å². The SMILES string of the molecule is N=Cc1cc(NC2CCN(CC3CC3)CC2)ccc1N. The fourth-order valence-corrected chi connectivity index (χ4v) is 2.95. The molecule has 0 spiro atoms. The molecule has 4 N–H and O–H groups in total. The van der Waals surface area contributed by atoms with E-state index in [1.807, 2.05) is 18.2 Å². The zero-order chi connectivity index (χ0) is 13.9. The van der Waals surface area contributed by atoms with Gasteiger partial charge in [-0.3, -0.25) is 0 Å². The molecule has 0 unspecified atom stereocenters. The highest BCUT2D eigenvalue weighted by molar-refractivity contribution is 5.86. The normalized spacial score (nSPS) is 20.8. The molecule has 4 nitrogen and oxygen atoms in total. The van der Waals surface area contributed by atoms with Crippen LogP contribution >= 0.6 is 0 Å². The van der Waals surface area contributed by atoms with Crippen LogP contribution in [-0.4, -0.2) is 36.8 Å². The lowest BCUT2D eigenvalue weighted by atomic mass is 10.0. The van der Waals surface area contributed by atoms with Gasteiger partial charge >= 0.3 is 0 Å². The van der Waals surface area contributed by atoms with Crippen LogP contribution in [0.2, 0.25) is 0 Å². The van der Waals surface area contributed by atoms with Crippen LogP contribution in [0.4, 0.5) is 11.4 Å². The second-order valence-corrected chi connectivity index (χ2v) is 6.15. The summed E-state index contributed by atoms with van der Waals surface area (Å²) in [5.74, 6) is 0.992. The van der Waals surface area contributed by atoms with Gasteiger partial charge in [0, 0.05) is 48.8 Å². The fourth-order valence-electron chi connectivity index (χ4n) is 2.95. The average Bonchev–Trinajstić information content (AvgIpc) is 3.27. The fraction of sp³-hybridized carbons (Fsp3) is 0.562. The molecule has 20 heavy (non-hydrogen) atoms. The van der Waals surface area contributed by atoms with Crippen LogP contribution in [-0.2, 0) is 0 Å². The van der Waals surface area contributed by atoms with Crippen molar-refractivity contribution in [1.29, 1.82) is 5.41 Å². The van der Waals surface area contributed by atoms with Crippen LogP contribution in [0.3, 0.4) is 0 Å². The number of nitrogen functional groups attached to an aromatic ring is 1. The molecule has 2 aliphatic rings. The van der Waals surface area contributed by atoms with Crippen LogP contribution in [0.25, 0.3) is 0 Å². The van der Waals surface area contributed by atoms with Crippen molar-refractivity contribution in [3.63, 3.8) is 0 Å². The van der Waals surface area contributed by atoms with E-state index in [2.05, 4.69) is 10.2 Å². The number of benzene rings is 1. The second-order valence-electron chi connectivity index (χ2n) is 6.15. The smallest absolute Gasteiger partial charge is 0.0404 e. The zero-order valence-corrected chi connectivity index (χ0v) is 11.9. The van der Waals surface area contributed by atoms with Crippen molar-refractivity contribution in [1.82, 2.24) is 4.90 Å². The minimum Gasteiger partial charge on any atom is -0.398 e. The largest absolute Gasteiger partial charge is 0.398 e. The number of nitrogens with zero attached hydrogens (tertiary/aromatic N) is 1. The summed E-state index contributed by atoms with van der Waals surface area (Å²) in [5, 5.41) is 10.9. The molecule has 4 heteroatoms. The van der Waals surface area contributed by atoms with E-state index in [-0.39, 0.29) is 0 Å². The van der Waals surface area contributed by atoms with Crippen molar-refractivity contribution in [2.45, 2.75) is 31.7 Å². The number of nitrogens with two attached hydrogens (primary N) is 1. The Morgan fingerprint density at radius 1 is 1.25 bits per heavy atom. The van der Waals surface area contributed by atoms with E-state index in [4.69, 9.17) is 11.1 Å². The molecule has 108 valence electrons. The number of likely N-dealkylation sites (tertiary alicyclic amines) is 1. The number of piperidine rings is 1. The van der Waals surface area contributed by atoms with Crippen LogP contribution in [0, 0.1) is 11.3 Å². The van der Waals surface area contributed by atoms with Gasteiger partial charge in [-0.05, 0) is 49.8 Å². The molecular weight excluding hydrogens is 248 g/mol. The Labute approximate surface area is 120 Å². The van der Waals surface area contributed by atoms with Crippen LogP contribution < -0.4 is 11.1 Å². The molecule has 0 radical (unpaired) electrons. The Balaban J connectivity index is 1.52. The lowest BCUT2D eigenvalue weighted by Crippen LogP contribution is -2.40. The number of nitrogens with one attached hydrogen (secondary N) is 2. The predicted molar refractivity (Wildman–Crippen MR) is 84.5 cm³/mol. The molecule has 0 aromatic heterocycles. The molecule has 1 aliphatic carbocycles. The summed E-state index contributed by atoms with van der Waals surface area (Å²) < 4.78 is 0. The van der Waals surface area contributed by atoms with Gasteiger partial charge in [0.15, 0.2) is 0 Å². The topological polar surface area (TPSA) is 65.1 Å². The molecule has 1 heterocycles. The number of hydrogen-bond acceptors (Lipinski definition) is 4. The van der Waals surface area contributed by atoms with Crippen molar-refractivity contribution in [3.05, 3.63) is 23.8 Å². The molecular formula is C16H24N4. The molecule has 3 rings (SSSR count). The highest BCUT2D eigenvalue weighted by atomic mass is 15.1. The van der Waals surface area contributed by atoms with Crippen molar-refractivity contribution < 1.29 is 0 Å². The lowest BCUT2D eigenvalue weighted by Gasteiger charge is -2.33. The molecule has 0 bridgehead atoms. The monoisotopic (exact) mass is 272 g/mol. The third-order valence-corrected chi connectivity index (χ3v) is 4.41. The average molecular weight is 272 g/mol. The van der Waals surface area contributed by atoms with E-state index in [0.717, 1.165) is 17.2 Å². The molecule has 0 amide bonds. The number of hydrogen-bond donors (Lipinski definition) is 3. The van der Waals surface area contributed by atoms with Gasteiger partial charge in [0.05, 0.1) is 0 Å². The first kappa shape index (κ1) is 13.4. The number of anilines is 2. The first-order chi connectivity index (χ1) is 9.74. The van der Waals surface area contributed by atoms with Crippen molar-refractivity contribution in [2.24, 2.45) is 5.92 Å². The van der Waals surface area contributed by atoms with Gasteiger partial charge in [-0.1, -0.05) is 0 Å². The Morgan fingerprint density at radius 2 is 2.00 bits per heavy atom. The van der Waals surface area contributed by atoms with E-state index >= 15 is 0 Å². The Kier molecular flexibility index (Phi) is 3.92. The summed E-state index contributed by atoms with van der Waals surface area (Å²) in [6, 6.07) is 6.41. The molecule has 1 aliphatic heterocycles. The third-order valence-electron chi connectivity index (χ3n) is 4.41. The van der Waals surface area contributed by atoms with Crippen LogP contribution in [0.5, 0.6) is 0 Å². The van der Waals surface area contributed by atoms with E-state index in [1.54, 1.807) is 0 Å². The van der Waals surface area contributed by atoms with Crippen molar-refractivity contribution in [3.8, 4) is 0 Å². The molecule has 0 atom stereocenters. The maximum absolute atomic E-state index is 7.36. The van der Waals surface area contributed by atoms with Crippen molar-refractivity contribution in [2.75, 3.05) is 30.7 Å². The molecule has 2 fully saturated rings. The van der Waals surface area contributed by atoms with Crippen LogP contribution in [0.1, 0.15) is 31.2 Å². The van der Waals surface area contributed by atoms with Gasteiger partial charge in [-0.25, -0.2) is 0 Å². The van der Waals surface area contributed by atoms with Crippen molar-refractivity contribution >= 4 is 17.6 Å². The van der Waals surface area contributed by atoms with Gasteiger partial charge in [-0.15, -0.1) is 0 Å². The maximum Gasteiger partial charge on any atom is 0.0404 e. The standard InChI is InChI=1S/C16H24N4/c17-10-13-9-15(3-4-16(13)18)19-14-5-7-20(8-6-14)11-12-1-2-12/h3-4,9-10,12,14,17,19H,1-2,5-8,11,18H2. The summed E-state index contributed by atoms with van der Waals surface area (Å²) >= 11 is 0. The van der Waals surface area contributed by atoms with E-state index < -0.39 is 0 Å². The molecule has 1 aromatic rings. The van der Waals surface area contributed by atoms with Gasteiger partial charge < -0.3 is 21.4 Å². The summed E-state index contributed by atoms with van der Waals surface area (Å²) in [5.41, 5.74) is 8.36. The first-order valence-corrected chi connectivity index (χ1v) is 7.63. The second kappa shape index (κ2) is 5.83. The van der Waals surface area contributed by atoms with Gasteiger partial charge in [0.25, 0.3) is 0 Å². The summed E-state index contributed by atoms with van der Waals surface area (Å²) in [6.45, 7) is 3.73. The first-order valence-electron chi connectivity index (χ1n) is 7.63. The quantitative estimate of drug-likeness (QED) is 0.570. The summed E-state index contributed by atoms with van der Waals surface area (Å²) in [7, 11) is 0. The zero-order valence-electron chi connectivity index (χ0n) is 11.9. The predicted octanol–water partition coefficient (Wildman–Crippen LogP) is 2.55. The maximum atomic E-state index is 7.36. The number of rotatable bonds is 5. The Bertz CT molecular complexity index is 473. The van der Waals surface area contributed by atoms with E-state index in [9.17, 15) is 0 Å². The van der Waals surface area contributed by atoms with Crippen LogP contribution in [0.15, 0.2) is 18.2 Å². The Morgan fingerprint density at radius 3 is 2.65 bits per heavy atom. The van der Waals surface area contributed by atoms with Gasteiger partial charge in [0.2, 0.25) is 0 Å². The third kappa shape index (κ3) is 3.31. The van der Waals surface area contributed by atoms with Gasteiger partial charge in [-0.2, -0.15) is 0 Å². The minimum absolute atomic E-state index is 0.549. The summed E-state index contributed by atoms with van der Waals surface area (Å²) in [6.07, 6.45) is 6.61. The van der Waals surface area contributed by atoms with E-state index in [0.29, 0.717) is 11.7 Å². The lowest BCUT2D eigenvalue weighted by molar-refractivity contribution is 0.211. The highest BCUT2D eigenvalue weighted by Gasteiger charge is 2.26.